The van der Waals surface area contributed by atoms with Crippen molar-refractivity contribution in [2.75, 3.05) is 6.54 Å². The van der Waals surface area contributed by atoms with Gasteiger partial charge in [0.05, 0.1) is 42.5 Å². The van der Waals surface area contributed by atoms with Crippen molar-refractivity contribution in [2.45, 2.75) is 51.1 Å². The Bertz CT molecular complexity index is 2060. The molecule has 14 nitrogen and oxygen atoms in total. The number of carbonyl (C=O) groups is 4. The van der Waals surface area contributed by atoms with E-state index in [1.165, 1.54) is 50.7 Å². The van der Waals surface area contributed by atoms with Crippen molar-refractivity contribution in [3.8, 4) is 17.2 Å². The lowest BCUT2D eigenvalue weighted by Crippen LogP contribution is -2.41. The summed E-state index contributed by atoms with van der Waals surface area (Å²) in [5.74, 6) is -3.63. The van der Waals surface area contributed by atoms with Gasteiger partial charge in [-0.15, -0.1) is 5.10 Å². The zero-order valence-corrected chi connectivity index (χ0v) is 25.4. The standard InChI is InChI=1S/C30H27N5O9S/c1-14-25(38)23(16(3)36)27-24(26(14)39)30(4)21(44-27)11-19(37)22(28(30)40)15(2)31-12-17-13-34(33-32-17)9-10-35-29(41)18-7-5-6-8-20(18)45(35,42)43/h5-8,11,13,31,38-39H,9-10,12H2,1-4H3/b22-15+. The number of sulfonamides is 1. The van der Waals surface area contributed by atoms with Crippen LogP contribution in [-0.4, -0.2) is 67.7 Å². The maximum atomic E-state index is 13.9. The Morgan fingerprint density at radius 3 is 2.49 bits per heavy atom. The van der Waals surface area contributed by atoms with E-state index < -0.39 is 50.2 Å². The summed E-state index contributed by atoms with van der Waals surface area (Å²) in [5, 5.41) is 32.5. The summed E-state index contributed by atoms with van der Waals surface area (Å²) < 4.78 is 33.5. The highest BCUT2D eigenvalue weighted by Gasteiger charge is 2.56. The first-order chi connectivity index (χ1) is 21.2. The van der Waals surface area contributed by atoms with Gasteiger partial charge in [0.2, 0.25) is 0 Å². The number of ether oxygens (including phenoxy) is 1. The third-order valence-corrected chi connectivity index (χ3v) is 10.2. The van der Waals surface area contributed by atoms with Gasteiger partial charge in [-0.1, -0.05) is 17.3 Å². The average molecular weight is 634 g/mol. The Kier molecular flexibility index (Phi) is 6.69. The van der Waals surface area contributed by atoms with Gasteiger partial charge in [0.25, 0.3) is 15.9 Å². The molecule has 232 valence electrons. The summed E-state index contributed by atoms with van der Waals surface area (Å²) in [6.45, 7) is 5.53. The molecule has 0 radical (unpaired) electrons. The molecule has 2 aliphatic heterocycles. The molecular weight excluding hydrogens is 606 g/mol. The zero-order valence-electron chi connectivity index (χ0n) is 24.5. The Hall–Kier alpha value is -5.31. The van der Waals surface area contributed by atoms with Gasteiger partial charge in [-0.05, 0) is 39.8 Å². The summed E-state index contributed by atoms with van der Waals surface area (Å²) in [5.41, 5.74) is -1.34. The van der Waals surface area contributed by atoms with Crippen LogP contribution in [0.15, 0.2) is 58.5 Å². The number of nitrogens with zero attached hydrogens (tertiary/aromatic N) is 4. The van der Waals surface area contributed by atoms with E-state index in [-0.39, 0.29) is 69.6 Å². The fraction of sp³-hybridized carbons (Fsp3) is 0.267. The van der Waals surface area contributed by atoms with E-state index in [2.05, 4.69) is 15.6 Å². The largest absolute Gasteiger partial charge is 0.507 e. The number of phenols is 2. The predicted octanol–water partition coefficient (Wildman–Crippen LogP) is 1.79. The van der Waals surface area contributed by atoms with Crippen molar-refractivity contribution in [3.05, 3.63) is 81.5 Å². The molecule has 3 N–H and O–H groups in total. The smallest absolute Gasteiger partial charge is 0.269 e. The van der Waals surface area contributed by atoms with Crippen molar-refractivity contribution >= 4 is 33.3 Å². The molecule has 1 unspecified atom stereocenters. The number of hydrogen-bond acceptors (Lipinski definition) is 12. The predicted molar refractivity (Wildman–Crippen MR) is 155 cm³/mol. The molecule has 0 spiro atoms. The topological polar surface area (TPSA) is 198 Å². The van der Waals surface area contributed by atoms with Gasteiger partial charge in [-0.3, -0.25) is 23.9 Å². The number of hydrogen-bond donors (Lipinski definition) is 3. The number of aromatic hydroxyl groups is 2. The number of nitrogens with one attached hydrogen (secondary N) is 1. The molecule has 6 rings (SSSR count). The number of amides is 1. The lowest BCUT2D eigenvalue weighted by Gasteiger charge is -2.29. The molecule has 15 heteroatoms. The molecule has 0 saturated carbocycles. The van der Waals surface area contributed by atoms with Crippen LogP contribution in [0.3, 0.4) is 0 Å². The fourth-order valence-corrected chi connectivity index (χ4v) is 7.41. The third kappa shape index (κ3) is 4.25. The minimum atomic E-state index is -3.97. The molecule has 2 aromatic carbocycles. The minimum Gasteiger partial charge on any atom is -0.507 e. The van der Waals surface area contributed by atoms with Crippen molar-refractivity contribution < 1.29 is 42.5 Å². The Morgan fingerprint density at radius 1 is 1.09 bits per heavy atom. The molecular formula is C30H27N5O9S. The number of ketones is 3. The molecule has 1 atom stereocenters. The third-order valence-electron chi connectivity index (χ3n) is 8.32. The van der Waals surface area contributed by atoms with E-state index in [0.717, 1.165) is 10.4 Å². The van der Waals surface area contributed by atoms with Crippen LogP contribution < -0.4 is 10.1 Å². The summed E-state index contributed by atoms with van der Waals surface area (Å²) in [4.78, 5) is 52.1. The maximum Gasteiger partial charge on any atom is 0.269 e. The minimum absolute atomic E-state index is 0.00516. The molecule has 45 heavy (non-hydrogen) atoms. The molecule has 1 amide bonds. The van der Waals surface area contributed by atoms with Crippen LogP contribution in [0.1, 0.15) is 58.3 Å². The monoisotopic (exact) mass is 633 g/mol. The highest BCUT2D eigenvalue weighted by Crippen LogP contribution is 2.57. The number of benzene rings is 2. The highest BCUT2D eigenvalue weighted by atomic mass is 32.2. The van der Waals surface area contributed by atoms with E-state index in [1.807, 2.05) is 0 Å². The number of aromatic nitrogens is 3. The number of carbonyl (C=O) groups excluding carboxylic acids is 4. The summed E-state index contributed by atoms with van der Waals surface area (Å²) in [6, 6.07) is 5.98. The number of allylic oxidation sites excluding steroid dienone is 4. The van der Waals surface area contributed by atoms with Gasteiger partial charge >= 0.3 is 0 Å². The SMILES string of the molecule is CC(=O)c1c(O)c(C)c(O)c2c1OC1=CC(=O)/C(=C(/C)NCc3cn(CCN4C(=O)c5ccccc5S4(=O)=O)nn3)C(=O)C12C. The second-order valence-electron chi connectivity index (χ2n) is 11.1. The fourth-order valence-electron chi connectivity index (χ4n) is 5.85. The molecule has 3 aliphatic rings. The van der Waals surface area contributed by atoms with Crippen molar-refractivity contribution in [1.29, 1.82) is 0 Å². The average Bonchev–Trinajstić information content (AvgIpc) is 3.62. The molecule has 3 aromatic rings. The normalized spacial score (nSPS) is 20.8. The summed E-state index contributed by atoms with van der Waals surface area (Å²) >= 11 is 0. The molecule has 0 bridgehead atoms. The van der Waals surface area contributed by atoms with Crippen LogP contribution in [0.25, 0.3) is 0 Å². The van der Waals surface area contributed by atoms with Crippen LogP contribution in [-0.2, 0) is 38.1 Å². The first-order valence-corrected chi connectivity index (χ1v) is 15.2. The molecule has 0 fully saturated rings. The van der Waals surface area contributed by atoms with Crippen LogP contribution in [0.4, 0.5) is 0 Å². The van der Waals surface area contributed by atoms with Crippen LogP contribution in [0.2, 0.25) is 0 Å². The quantitative estimate of drug-likeness (QED) is 0.194. The number of phenolic OH excluding ortho intramolecular Hbond substituents is 2. The second kappa shape index (κ2) is 10.1. The van der Waals surface area contributed by atoms with E-state index in [4.69, 9.17) is 4.74 Å². The number of rotatable bonds is 7. The molecule has 1 aromatic heterocycles. The molecule has 0 saturated heterocycles. The second-order valence-corrected chi connectivity index (χ2v) is 12.9. The van der Waals surface area contributed by atoms with E-state index in [1.54, 1.807) is 12.1 Å². The summed E-state index contributed by atoms with van der Waals surface area (Å²) in [7, 11) is -3.97. The van der Waals surface area contributed by atoms with Crippen molar-refractivity contribution in [2.24, 2.45) is 0 Å². The maximum absolute atomic E-state index is 13.9. The van der Waals surface area contributed by atoms with Crippen LogP contribution >= 0.6 is 0 Å². The van der Waals surface area contributed by atoms with Crippen molar-refractivity contribution in [1.82, 2.24) is 24.6 Å². The van der Waals surface area contributed by atoms with E-state index >= 15 is 0 Å². The van der Waals surface area contributed by atoms with Crippen molar-refractivity contribution in [3.63, 3.8) is 0 Å². The Labute approximate surface area is 256 Å². The number of fused-ring (bicyclic) bond motifs is 4. The Morgan fingerprint density at radius 2 is 1.80 bits per heavy atom. The van der Waals surface area contributed by atoms with Gasteiger partial charge < -0.3 is 20.3 Å². The zero-order chi connectivity index (χ0) is 32.6. The van der Waals surface area contributed by atoms with E-state index in [9.17, 15) is 37.8 Å². The lowest BCUT2D eigenvalue weighted by atomic mass is 9.70. The van der Waals surface area contributed by atoms with Crippen LogP contribution in [0.5, 0.6) is 17.2 Å². The van der Waals surface area contributed by atoms with Gasteiger partial charge in [0.15, 0.2) is 17.3 Å². The van der Waals surface area contributed by atoms with Gasteiger partial charge in [0.1, 0.15) is 44.6 Å². The highest BCUT2D eigenvalue weighted by molar-refractivity contribution is 7.90. The first-order valence-electron chi connectivity index (χ1n) is 13.8. The molecule has 1 aliphatic carbocycles. The first kappa shape index (κ1) is 29.7. The number of Topliss-reactive ketones (excluding diaryl/α,β-unsaturated/α-hetero) is 2. The molecule has 3 heterocycles. The van der Waals surface area contributed by atoms with E-state index in [0.29, 0.717) is 5.69 Å². The van der Waals surface area contributed by atoms with Gasteiger partial charge in [-0.2, -0.15) is 0 Å². The Balaban J connectivity index is 1.21. The van der Waals surface area contributed by atoms with Gasteiger partial charge in [0, 0.05) is 17.3 Å². The lowest BCUT2D eigenvalue weighted by molar-refractivity contribution is -0.123. The van der Waals surface area contributed by atoms with Gasteiger partial charge in [-0.25, -0.2) is 12.7 Å². The summed E-state index contributed by atoms with van der Waals surface area (Å²) in [6.07, 6.45) is 2.66. The van der Waals surface area contributed by atoms with Crippen LogP contribution in [0, 0.1) is 6.92 Å².